The minimum Gasteiger partial charge on any atom is -0.480 e. The van der Waals surface area contributed by atoms with Gasteiger partial charge in [-0.3, -0.25) is 4.79 Å². The summed E-state index contributed by atoms with van der Waals surface area (Å²) in [6.07, 6.45) is 0. The fraction of sp³-hybridized carbons (Fsp3) is 0.833. The molecule has 6 heteroatoms. The van der Waals surface area contributed by atoms with Crippen molar-refractivity contribution in [3.05, 3.63) is 0 Å². The van der Waals surface area contributed by atoms with Gasteiger partial charge in [0.1, 0.15) is 6.54 Å². The molecule has 0 bridgehead atoms. The molecule has 0 radical (unpaired) electrons. The van der Waals surface area contributed by atoms with Gasteiger partial charge in [-0.1, -0.05) is 0 Å². The van der Waals surface area contributed by atoms with Crippen LogP contribution in [0.5, 0.6) is 0 Å². The lowest BCUT2D eigenvalue weighted by atomic mass is 10.1. The Hall–Kier alpha value is -1.30. The molecule has 0 spiro atoms. The lowest BCUT2D eigenvalue weighted by Crippen LogP contribution is -2.54. The third kappa shape index (κ3) is 5.86. The average Bonchev–Trinajstić information content (AvgIpc) is 2.19. The van der Waals surface area contributed by atoms with Crippen LogP contribution in [-0.4, -0.2) is 65.7 Å². The molecular formula is C12H25N3O3. The molecule has 0 aliphatic rings. The van der Waals surface area contributed by atoms with Crippen molar-refractivity contribution in [2.24, 2.45) is 0 Å². The SMILES string of the molecule is CC(CNC(=O)N(CC(=O)O)C(C)(C)C)N(C)C. The molecule has 0 aromatic carbocycles. The second-order valence-electron chi connectivity index (χ2n) is 5.65. The zero-order chi connectivity index (χ0) is 14.5. The first-order valence-electron chi connectivity index (χ1n) is 5.99. The minimum atomic E-state index is -1.01. The smallest absolute Gasteiger partial charge is 0.323 e. The Bertz CT molecular complexity index is 297. The van der Waals surface area contributed by atoms with Gasteiger partial charge < -0.3 is 20.2 Å². The highest BCUT2D eigenvalue weighted by Gasteiger charge is 2.28. The lowest BCUT2D eigenvalue weighted by molar-refractivity contribution is -0.138. The topological polar surface area (TPSA) is 72.9 Å². The highest BCUT2D eigenvalue weighted by molar-refractivity contribution is 5.80. The summed E-state index contributed by atoms with van der Waals surface area (Å²) in [7, 11) is 3.85. The fourth-order valence-electron chi connectivity index (χ4n) is 1.26. The Morgan fingerprint density at radius 2 is 1.78 bits per heavy atom. The van der Waals surface area contributed by atoms with Crippen molar-refractivity contribution in [3.8, 4) is 0 Å². The number of carbonyl (C=O) groups excluding carboxylic acids is 1. The third-order valence-corrected chi connectivity index (χ3v) is 2.78. The molecule has 0 aliphatic carbocycles. The van der Waals surface area contributed by atoms with Gasteiger partial charge in [-0.2, -0.15) is 0 Å². The largest absolute Gasteiger partial charge is 0.480 e. The van der Waals surface area contributed by atoms with Crippen LogP contribution in [0.1, 0.15) is 27.7 Å². The second-order valence-corrected chi connectivity index (χ2v) is 5.65. The van der Waals surface area contributed by atoms with E-state index in [0.29, 0.717) is 6.54 Å². The van der Waals surface area contributed by atoms with Crippen LogP contribution in [0.3, 0.4) is 0 Å². The van der Waals surface area contributed by atoms with E-state index in [0.717, 1.165) is 0 Å². The molecule has 18 heavy (non-hydrogen) atoms. The maximum absolute atomic E-state index is 12.0. The first kappa shape index (κ1) is 16.7. The van der Waals surface area contributed by atoms with Crippen LogP contribution >= 0.6 is 0 Å². The van der Waals surface area contributed by atoms with Crippen LogP contribution in [0.15, 0.2) is 0 Å². The highest BCUT2D eigenvalue weighted by atomic mass is 16.4. The summed E-state index contributed by atoms with van der Waals surface area (Å²) in [6, 6.07) is -0.154. The molecule has 2 N–H and O–H groups in total. The van der Waals surface area contributed by atoms with Gasteiger partial charge in [0.2, 0.25) is 0 Å². The molecule has 0 rings (SSSR count). The molecule has 0 heterocycles. The minimum absolute atomic E-state index is 0.195. The maximum Gasteiger partial charge on any atom is 0.323 e. The Morgan fingerprint density at radius 3 is 2.11 bits per heavy atom. The van der Waals surface area contributed by atoms with E-state index in [9.17, 15) is 9.59 Å². The van der Waals surface area contributed by atoms with Crippen LogP contribution in [0.4, 0.5) is 4.79 Å². The molecule has 0 fully saturated rings. The van der Waals surface area contributed by atoms with Gasteiger partial charge in [-0.15, -0.1) is 0 Å². The van der Waals surface area contributed by atoms with E-state index in [1.54, 1.807) is 0 Å². The number of amides is 2. The van der Waals surface area contributed by atoms with Gasteiger partial charge in [-0.25, -0.2) is 4.79 Å². The van der Waals surface area contributed by atoms with Gasteiger partial charge >= 0.3 is 12.0 Å². The Morgan fingerprint density at radius 1 is 1.28 bits per heavy atom. The summed E-state index contributed by atoms with van der Waals surface area (Å²) in [5.41, 5.74) is -0.524. The number of carboxylic acids is 1. The van der Waals surface area contributed by atoms with Gasteiger partial charge in [0.15, 0.2) is 0 Å². The third-order valence-electron chi connectivity index (χ3n) is 2.78. The number of urea groups is 1. The zero-order valence-corrected chi connectivity index (χ0v) is 12.1. The number of hydrogen-bond acceptors (Lipinski definition) is 3. The normalized spacial score (nSPS) is 13.3. The molecule has 2 amide bonds. The molecule has 0 aromatic rings. The zero-order valence-electron chi connectivity index (χ0n) is 12.1. The maximum atomic E-state index is 12.0. The van der Waals surface area contributed by atoms with Crippen LogP contribution in [0, 0.1) is 0 Å². The molecular weight excluding hydrogens is 234 g/mol. The fourth-order valence-corrected chi connectivity index (χ4v) is 1.26. The van der Waals surface area contributed by atoms with E-state index < -0.39 is 11.5 Å². The number of rotatable bonds is 5. The van der Waals surface area contributed by atoms with E-state index in [4.69, 9.17) is 5.11 Å². The number of carboxylic acid groups (broad SMARTS) is 1. The monoisotopic (exact) mass is 259 g/mol. The number of nitrogens with zero attached hydrogens (tertiary/aromatic N) is 2. The van der Waals surface area contributed by atoms with Crippen LogP contribution in [-0.2, 0) is 4.79 Å². The first-order chi connectivity index (χ1) is 8.05. The molecule has 0 aromatic heterocycles. The van der Waals surface area contributed by atoms with Crippen LogP contribution < -0.4 is 5.32 Å². The van der Waals surface area contributed by atoms with E-state index in [1.807, 2.05) is 46.7 Å². The predicted octanol–water partition coefficient (Wildman–Crippen LogP) is 0.831. The summed E-state index contributed by atoms with van der Waals surface area (Å²) in [5.74, 6) is -1.01. The van der Waals surface area contributed by atoms with Crippen molar-refractivity contribution < 1.29 is 14.7 Å². The first-order valence-corrected chi connectivity index (χ1v) is 5.99. The molecule has 6 nitrogen and oxygen atoms in total. The Labute approximate surface area is 109 Å². The second kappa shape index (κ2) is 6.58. The van der Waals surface area contributed by atoms with E-state index in [-0.39, 0.29) is 18.6 Å². The predicted molar refractivity (Wildman–Crippen MR) is 70.6 cm³/mol. The molecule has 0 aliphatic heterocycles. The van der Waals surface area contributed by atoms with Crippen molar-refractivity contribution >= 4 is 12.0 Å². The average molecular weight is 259 g/mol. The van der Waals surface area contributed by atoms with E-state index in [2.05, 4.69) is 5.32 Å². The van der Waals surface area contributed by atoms with Gasteiger partial charge in [-0.05, 0) is 41.8 Å². The number of likely N-dealkylation sites (N-methyl/N-ethyl adjacent to an activating group) is 1. The summed E-state index contributed by atoms with van der Waals surface area (Å²) in [4.78, 5) is 26.1. The van der Waals surface area contributed by atoms with E-state index >= 15 is 0 Å². The quantitative estimate of drug-likeness (QED) is 0.767. The molecule has 0 saturated carbocycles. The number of carbonyl (C=O) groups is 2. The molecule has 1 unspecified atom stereocenters. The standard InChI is InChI=1S/C12H25N3O3/c1-9(14(5)6)7-13-11(18)15(8-10(16)17)12(2,3)4/h9H,7-8H2,1-6H3,(H,13,18)(H,16,17). The van der Waals surface area contributed by atoms with Crippen LogP contribution in [0.2, 0.25) is 0 Å². The van der Waals surface area contributed by atoms with Crippen molar-refractivity contribution in [1.29, 1.82) is 0 Å². The summed E-state index contributed by atoms with van der Waals surface area (Å²) < 4.78 is 0. The number of nitrogens with one attached hydrogen (secondary N) is 1. The van der Waals surface area contributed by atoms with Crippen molar-refractivity contribution in [2.45, 2.75) is 39.3 Å². The number of aliphatic carboxylic acids is 1. The molecule has 0 saturated heterocycles. The van der Waals surface area contributed by atoms with Crippen molar-refractivity contribution in [3.63, 3.8) is 0 Å². The van der Waals surface area contributed by atoms with Crippen molar-refractivity contribution in [2.75, 3.05) is 27.2 Å². The van der Waals surface area contributed by atoms with Gasteiger partial charge in [0, 0.05) is 18.1 Å². The van der Waals surface area contributed by atoms with Crippen LogP contribution in [0.25, 0.3) is 0 Å². The van der Waals surface area contributed by atoms with E-state index in [1.165, 1.54) is 4.90 Å². The highest BCUT2D eigenvalue weighted by Crippen LogP contribution is 2.12. The molecule has 1 atom stereocenters. The summed E-state index contributed by atoms with van der Waals surface area (Å²) in [6.45, 7) is 7.60. The summed E-state index contributed by atoms with van der Waals surface area (Å²) in [5, 5.41) is 11.6. The van der Waals surface area contributed by atoms with Crippen molar-refractivity contribution in [1.82, 2.24) is 15.1 Å². The lowest BCUT2D eigenvalue weighted by Gasteiger charge is -2.35. The molecule has 106 valence electrons. The van der Waals surface area contributed by atoms with Gasteiger partial charge in [0.05, 0.1) is 0 Å². The van der Waals surface area contributed by atoms with Gasteiger partial charge in [0.25, 0.3) is 0 Å². The Balaban J connectivity index is 4.54. The number of hydrogen-bond donors (Lipinski definition) is 2. The Kier molecular flexibility index (Phi) is 6.11. The summed E-state index contributed by atoms with van der Waals surface area (Å²) >= 11 is 0.